The van der Waals surface area contributed by atoms with Crippen LogP contribution >= 0.6 is 0 Å². The number of unbranched alkanes of at least 4 members (excludes halogenated alkanes) is 1. The lowest BCUT2D eigenvalue weighted by atomic mass is 9.85. The highest BCUT2D eigenvalue weighted by atomic mass is 15.4. The highest BCUT2D eigenvalue weighted by molar-refractivity contribution is 4.83. The van der Waals surface area contributed by atoms with E-state index >= 15 is 0 Å². The van der Waals surface area contributed by atoms with Crippen molar-refractivity contribution in [3.63, 3.8) is 0 Å². The Morgan fingerprint density at radius 3 is 2.31 bits per heavy atom. The molecule has 0 N–H and O–H groups in total. The molecular weight excluding hydrogens is 158 g/mol. The van der Waals surface area contributed by atoms with Crippen LogP contribution in [0.3, 0.4) is 0 Å². The SMILES string of the molecule is C#CCCC[N+]12CCC(CC1)CC2. The van der Waals surface area contributed by atoms with Crippen LogP contribution in [-0.4, -0.2) is 30.7 Å². The summed E-state index contributed by atoms with van der Waals surface area (Å²) in [6, 6.07) is 0. The van der Waals surface area contributed by atoms with Crippen molar-refractivity contribution in [3.05, 3.63) is 0 Å². The molecule has 1 heteroatoms. The van der Waals surface area contributed by atoms with Gasteiger partial charge < -0.3 is 4.48 Å². The van der Waals surface area contributed by atoms with Crippen molar-refractivity contribution >= 4 is 0 Å². The maximum absolute atomic E-state index is 5.28. The molecule has 0 unspecified atom stereocenters. The molecule has 3 aliphatic heterocycles. The van der Waals surface area contributed by atoms with Crippen LogP contribution in [0, 0.1) is 18.3 Å². The fourth-order valence-electron chi connectivity index (χ4n) is 2.99. The predicted molar refractivity (Wildman–Crippen MR) is 55.1 cm³/mol. The van der Waals surface area contributed by atoms with Gasteiger partial charge in [-0.1, -0.05) is 0 Å². The summed E-state index contributed by atoms with van der Waals surface area (Å²) in [6.45, 7) is 5.66. The molecule has 0 aliphatic carbocycles. The molecule has 0 spiro atoms. The maximum atomic E-state index is 5.28. The summed E-state index contributed by atoms with van der Waals surface area (Å²) in [6.07, 6.45) is 11.9. The standard InChI is InChI=1S/C12H20N/c1-2-3-4-8-13-9-5-12(6-10-13)7-11-13/h1,12H,3-11H2/q+1. The van der Waals surface area contributed by atoms with Crippen molar-refractivity contribution in [2.45, 2.75) is 32.1 Å². The van der Waals surface area contributed by atoms with Crippen molar-refractivity contribution in [2.24, 2.45) is 5.92 Å². The highest BCUT2D eigenvalue weighted by Crippen LogP contribution is 2.33. The van der Waals surface area contributed by atoms with Crippen LogP contribution in [0.1, 0.15) is 32.1 Å². The molecule has 3 saturated heterocycles. The van der Waals surface area contributed by atoms with Crippen molar-refractivity contribution in [1.82, 2.24) is 0 Å². The molecule has 13 heavy (non-hydrogen) atoms. The fraction of sp³-hybridized carbons (Fsp3) is 0.833. The van der Waals surface area contributed by atoms with Crippen molar-refractivity contribution in [1.29, 1.82) is 0 Å². The van der Waals surface area contributed by atoms with Gasteiger partial charge in [-0.3, -0.25) is 0 Å². The van der Waals surface area contributed by atoms with Crippen molar-refractivity contribution in [2.75, 3.05) is 26.2 Å². The van der Waals surface area contributed by atoms with Gasteiger partial charge in [-0.25, -0.2) is 0 Å². The molecule has 3 rings (SSSR count). The zero-order valence-corrected chi connectivity index (χ0v) is 8.47. The predicted octanol–water partition coefficient (Wildman–Crippen LogP) is 2.03. The van der Waals surface area contributed by atoms with Gasteiger partial charge in [-0.15, -0.1) is 12.3 Å². The second kappa shape index (κ2) is 3.72. The maximum Gasteiger partial charge on any atom is 0.0795 e. The molecule has 0 aromatic heterocycles. The van der Waals surface area contributed by atoms with E-state index in [1.807, 2.05) is 0 Å². The van der Waals surface area contributed by atoms with E-state index in [1.54, 1.807) is 0 Å². The van der Waals surface area contributed by atoms with E-state index in [0.29, 0.717) is 0 Å². The van der Waals surface area contributed by atoms with Crippen LogP contribution in [0.25, 0.3) is 0 Å². The second-order valence-electron chi connectivity index (χ2n) is 4.78. The van der Waals surface area contributed by atoms with Crippen LogP contribution in [-0.2, 0) is 0 Å². The first kappa shape index (κ1) is 9.09. The van der Waals surface area contributed by atoms with Crippen molar-refractivity contribution in [3.8, 4) is 12.3 Å². The Balaban J connectivity index is 1.85. The lowest BCUT2D eigenvalue weighted by molar-refractivity contribution is -0.942. The minimum atomic E-state index is 0.976. The monoisotopic (exact) mass is 178 g/mol. The largest absolute Gasteiger partial charge is 0.324 e. The van der Waals surface area contributed by atoms with Gasteiger partial charge in [0.2, 0.25) is 0 Å². The van der Waals surface area contributed by atoms with Crippen LogP contribution in [0.15, 0.2) is 0 Å². The highest BCUT2D eigenvalue weighted by Gasteiger charge is 2.38. The minimum absolute atomic E-state index is 0.976. The first-order valence-corrected chi connectivity index (χ1v) is 5.63. The summed E-state index contributed by atoms with van der Waals surface area (Å²) in [7, 11) is 0. The fourth-order valence-corrected chi connectivity index (χ4v) is 2.99. The van der Waals surface area contributed by atoms with Gasteiger partial charge in [0.05, 0.1) is 26.2 Å². The molecule has 3 heterocycles. The Hall–Kier alpha value is -0.480. The lowest BCUT2D eigenvalue weighted by Crippen LogP contribution is -2.58. The van der Waals surface area contributed by atoms with Gasteiger partial charge in [0.25, 0.3) is 0 Å². The molecule has 3 fully saturated rings. The Kier molecular flexibility index (Phi) is 2.60. The Bertz CT molecular complexity index is 192. The summed E-state index contributed by atoms with van der Waals surface area (Å²) in [5.41, 5.74) is 0. The first-order chi connectivity index (χ1) is 6.35. The molecule has 72 valence electrons. The van der Waals surface area contributed by atoms with Crippen LogP contribution in [0.4, 0.5) is 0 Å². The number of quaternary nitrogens is 1. The molecule has 0 radical (unpaired) electrons. The molecule has 0 saturated carbocycles. The minimum Gasteiger partial charge on any atom is -0.324 e. The number of fused-ring (bicyclic) bond motifs is 3. The van der Waals surface area contributed by atoms with Crippen LogP contribution < -0.4 is 0 Å². The van der Waals surface area contributed by atoms with Gasteiger partial charge in [0.15, 0.2) is 0 Å². The molecular formula is C12H20N+. The van der Waals surface area contributed by atoms with Gasteiger partial charge in [-0.05, 0) is 25.2 Å². The zero-order valence-electron chi connectivity index (χ0n) is 8.47. The molecule has 2 bridgehead atoms. The third kappa shape index (κ3) is 1.89. The van der Waals surface area contributed by atoms with E-state index in [1.165, 1.54) is 56.3 Å². The average molecular weight is 178 g/mol. The van der Waals surface area contributed by atoms with E-state index in [2.05, 4.69) is 5.92 Å². The van der Waals surface area contributed by atoms with Crippen LogP contribution in [0.2, 0.25) is 0 Å². The molecule has 0 atom stereocenters. The molecule has 1 nitrogen and oxygen atoms in total. The summed E-state index contributed by atoms with van der Waals surface area (Å²) in [5, 5.41) is 0. The third-order valence-electron chi connectivity index (χ3n) is 3.99. The smallest absolute Gasteiger partial charge is 0.0795 e. The molecule has 3 aliphatic rings. The quantitative estimate of drug-likeness (QED) is 0.352. The van der Waals surface area contributed by atoms with Crippen LogP contribution in [0.5, 0.6) is 0 Å². The number of hydrogen-bond acceptors (Lipinski definition) is 0. The Morgan fingerprint density at radius 1 is 1.15 bits per heavy atom. The third-order valence-corrected chi connectivity index (χ3v) is 3.99. The first-order valence-electron chi connectivity index (χ1n) is 5.63. The van der Waals surface area contributed by atoms with Gasteiger partial charge in [0.1, 0.15) is 0 Å². The van der Waals surface area contributed by atoms with Gasteiger partial charge in [-0.2, -0.15) is 0 Å². The topological polar surface area (TPSA) is 0 Å². The summed E-state index contributed by atoms with van der Waals surface area (Å²) in [5.74, 6) is 3.83. The molecule has 0 aromatic rings. The van der Waals surface area contributed by atoms with E-state index in [0.717, 1.165) is 12.3 Å². The summed E-state index contributed by atoms with van der Waals surface area (Å²) < 4.78 is 1.40. The molecule has 0 amide bonds. The van der Waals surface area contributed by atoms with E-state index < -0.39 is 0 Å². The molecule has 0 aromatic carbocycles. The summed E-state index contributed by atoms with van der Waals surface area (Å²) in [4.78, 5) is 0. The number of rotatable bonds is 3. The normalized spacial score (nSPS) is 37.3. The van der Waals surface area contributed by atoms with E-state index in [4.69, 9.17) is 6.42 Å². The summed E-state index contributed by atoms with van der Waals surface area (Å²) >= 11 is 0. The van der Waals surface area contributed by atoms with E-state index in [9.17, 15) is 0 Å². The lowest BCUT2D eigenvalue weighted by Gasteiger charge is -2.49. The Morgan fingerprint density at radius 2 is 1.77 bits per heavy atom. The van der Waals surface area contributed by atoms with E-state index in [-0.39, 0.29) is 0 Å². The zero-order chi connectivity index (χ0) is 9.15. The van der Waals surface area contributed by atoms with Crippen molar-refractivity contribution < 1.29 is 4.48 Å². The number of nitrogens with zero attached hydrogens (tertiary/aromatic N) is 1. The number of piperidine rings is 3. The van der Waals surface area contributed by atoms with Gasteiger partial charge >= 0.3 is 0 Å². The van der Waals surface area contributed by atoms with Gasteiger partial charge in [0, 0.05) is 12.8 Å². The second-order valence-corrected chi connectivity index (χ2v) is 4.78. The number of hydrogen-bond donors (Lipinski definition) is 0. The Labute approximate surface area is 81.7 Å². The number of terminal acetylenes is 1. The average Bonchev–Trinajstić information content (AvgIpc) is 2.21.